The first-order chi connectivity index (χ1) is 21.6. The van der Waals surface area contributed by atoms with Gasteiger partial charge in [0.15, 0.2) is 6.29 Å². The number of benzene rings is 2. The highest BCUT2D eigenvalue weighted by molar-refractivity contribution is 5.70. The van der Waals surface area contributed by atoms with Gasteiger partial charge in [-0.25, -0.2) is 0 Å². The fourth-order valence-corrected chi connectivity index (χ4v) is 4.76. The number of hydrogen-bond acceptors (Lipinski definition) is 14. The Labute approximate surface area is 259 Å². The van der Waals surface area contributed by atoms with E-state index in [-0.39, 0.29) is 32.3 Å². The molecule has 2 saturated heterocycles. The lowest BCUT2D eigenvalue weighted by Crippen LogP contribution is -2.60. The minimum Gasteiger partial charge on any atom is -0.463 e. The molecule has 14 heteroatoms. The summed E-state index contributed by atoms with van der Waals surface area (Å²) in [5.74, 6) is -0.888. The number of carbonyl (C=O) groups excluding carboxylic acids is 2. The molecule has 2 aliphatic heterocycles. The largest absolute Gasteiger partial charge is 0.463 e. The molecular weight excluding hydrogens is 596 g/mol. The van der Waals surface area contributed by atoms with Crippen LogP contribution in [0.25, 0.3) is 0 Å². The highest BCUT2D eigenvalue weighted by Gasteiger charge is 2.46. The second-order valence-corrected chi connectivity index (χ2v) is 10.8. The van der Waals surface area contributed by atoms with Gasteiger partial charge in [-0.15, -0.1) is 0 Å². The third-order valence-electron chi connectivity index (χ3n) is 7.42. The first-order valence-corrected chi connectivity index (χ1v) is 14.7. The van der Waals surface area contributed by atoms with Crippen molar-refractivity contribution in [3.63, 3.8) is 0 Å². The predicted molar refractivity (Wildman–Crippen MR) is 152 cm³/mol. The summed E-state index contributed by atoms with van der Waals surface area (Å²) in [4.78, 5) is 24.5. The van der Waals surface area contributed by atoms with Gasteiger partial charge in [0, 0.05) is 12.8 Å². The van der Waals surface area contributed by atoms with Crippen LogP contribution in [-0.4, -0.2) is 117 Å². The molecule has 2 aromatic rings. The zero-order chi connectivity index (χ0) is 32.3. The van der Waals surface area contributed by atoms with E-state index in [4.69, 9.17) is 28.4 Å². The summed E-state index contributed by atoms with van der Waals surface area (Å²) in [5, 5.41) is 61.4. The minimum atomic E-state index is -1.59. The molecule has 4 rings (SSSR count). The highest BCUT2D eigenvalue weighted by Crippen LogP contribution is 2.25. The van der Waals surface area contributed by atoms with E-state index >= 15 is 0 Å². The Morgan fingerprint density at radius 1 is 0.600 bits per heavy atom. The number of hydrogen-bond donors (Lipinski definition) is 6. The molecule has 2 fully saturated rings. The van der Waals surface area contributed by atoms with E-state index in [1.165, 1.54) is 0 Å². The molecule has 0 saturated carbocycles. The highest BCUT2D eigenvalue weighted by atomic mass is 16.7. The van der Waals surface area contributed by atoms with Crippen LogP contribution in [0.5, 0.6) is 5.75 Å². The topological polar surface area (TPSA) is 211 Å². The van der Waals surface area contributed by atoms with E-state index in [2.05, 4.69) is 0 Å². The molecular formula is C31H40O14. The Kier molecular flexibility index (Phi) is 13.1. The molecule has 0 bridgehead atoms. The number of rotatable bonds is 14. The number of carbonyl (C=O) groups is 2. The average Bonchev–Trinajstić information content (AvgIpc) is 3.05. The zero-order valence-corrected chi connectivity index (χ0v) is 24.4. The number of aliphatic hydroxyl groups is 6. The first kappa shape index (κ1) is 34.7. The standard InChI is InChI=1S/C31H40O14/c32-22(40-16-20-24(34)26(36)28(38)30(44-20)42-15-18-9-3-1-4-10-18)13-7-8-14-23(33)41-17-21-25(35)27(37)29(39)31(45-21)43-19-11-5-2-6-12-19/h1-6,9-12,20-21,24-31,34-39H,7-8,13-17H2/t20-,21-,24-,25-,26+,27+,28+,29-,30+,31-/m1/s1. The lowest BCUT2D eigenvalue weighted by molar-refractivity contribution is -0.304. The van der Waals surface area contributed by atoms with Crippen molar-refractivity contribution < 1.29 is 68.6 Å². The van der Waals surface area contributed by atoms with Gasteiger partial charge in [-0.3, -0.25) is 9.59 Å². The van der Waals surface area contributed by atoms with Crippen molar-refractivity contribution in [2.24, 2.45) is 0 Å². The summed E-state index contributed by atoms with van der Waals surface area (Å²) in [6.07, 6.45) is -13.7. The van der Waals surface area contributed by atoms with Gasteiger partial charge in [-0.2, -0.15) is 0 Å². The summed E-state index contributed by atoms with van der Waals surface area (Å²) in [6, 6.07) is 17.5. The van der Waals surface area contributed by atoms with Crippen molar-refractivity contribution in [2.45, 2.75) is 93.7 Å². The van der Waals surface area contributed by atoms with Gasteiger partial charge in [-0.05, 0) is 30.5 Å². The van der Waals surface area contributed by atoms with Crippen molar-refractivity contribution in [3.8, 4) is 5.75 Å². The fraction of sp³-hybridized carbons (Fsp3) is 0.548. The third kappa shape index (κ3) is 9.90. The maximum absolute atomic E-state index is 12.2. The molecule has 0 radical (unpaired) electrons. The molecule has 2 aliphatic rings. The molecule has 6 N–H and O–H groups in total. The number of aliphatic hydroxyl groups excluding tert-OH is 6. The van der Waals surface area contributed by atoms with Crippen LogP contribution in [0.2, 0.25) is 0 Å². The van der Waals surface area contributed by atoms with Crippen LogP contribution in [0.15, 0.2) is 60.7 Å². The van der Waals surface area contributed by atoms with E-state index in [0.717, 1.165) is 5.56 Å². The Morgan fingerprint density at radius 3 is 1.60 bits per heavy atom. The summed E-state index contributed by atoms with van der Waals surface area (Å²) in [5.41, 5.74) is 0.807. The molecule has 0 unspecified atom stereocenters. The molecule has 10 atom stereocenters. The SMILES string of the molecule is O=C(CCCCC(=O)OC[C@H]1O[C@@H](Oc2ccccc2)[C@H](O)[C@@H](O)[C@@H]1O)OC[C@H]1O[C@H](OCc2ccccc2)[C@@H](O)[C@@H](O)[C@@H]1O. The molecule has 0 aliphatic carbocycles. The van der Waals surface area contributed by atoms with Gasteiger partial charge < -0.3 is 59.1 Å². The number of esters is 2. The van der Waals surface area contributed by atoms with Crippen molar-refractivity contribution >= 4 is 11.9 Å². The lowest BCUT2D eigenvalue weighted by atomic mass is 9.99. The van der Waals surface area contributed by atoms with E-state index in [1.54, 1.807) is 30.3 Å². The van der Waals surface area contributed by atoms with E-state index in [9.17, 15) is 40.2 Å². The third-order valence-corrected chi connectivity index (χ3v) is 7.42. The molecule has 2 aromatic carbocycles. The summed E-state index contributed by atoms with van der Waals surface area (Å²) >= 11 is 0. The molecule has 248 valence electrons. The quantitative estimate of drug-likeness (QED) is 0.115. The number of unbranched alkanes of at least 4 members (excludes halogenated alkanes) is 1. The van der Waals surface area contributed by atoms with Crippen LogP contribution in [-0.2, 0) is 39.9 Å². The number of ether oxygens (including phenoxy) is 6. The summed E-state index contributed by atoms with van der Waals surface area (Å²) in [6.45, 7) is -0.708. The second-order valence-electron chi connectivity index (χ2n) is 10.8. The van der Waals surface area contributed by atoms with Gasteiger partial charge in [0.2, 0.25) is 6.29 Å². The lowest BCUT2D eigenvalue weighted by Gasteiger charge is -2.40. The molecule has 0 spiro atoms. The Balaban J connectivity index is 1.13. The maximum atomic E-state index is 12.2. The predicted octanol–water partition coefficient (Wildman–Crippen LogP) is -0.456. The smallest absolute Gasteiger partial charge is 0.305 e. The van der Waals surface area contributed by atoms with Crippen molar-refractivity contribution in [2.75, 3.05) is 13.2 Å². The molecule has 0 amide bonds. The van der Waals surface area contributed by atoms with E-state index < -0.39 is 86.6 Å². The van der Waals surface area contributed by atoms with Crippen LogP contribution in [0, 0.1) is 0 Å². The van der Waals surface area contributed by atoms with Gasteiger partial charge in [0.25, 0.3) is 0 Å². The monoisotopic (exact) mass is 636 g/mol. The van der Waals surface area contributed by atoms with E-state index in [0.29, 0.717) is 5.75 Å². The van der Waals surface area contributed by atoms with Crippen LogP contribution in [0.3, 0.4) is 0 Å². The number of para-hydroxylation sites is 1. The summed E-state index contributed by atoms with van der Waals surface area (Å²) in [7, 11) is 0. The Morgan fingerprint density at radius 2 is 1.07 bits per heavy atom. The van der Waals surface area contributed by atoms with Crippen LogP contribution >= 0.6 is 0 Å². The summed E-state index contributed by atoms with van der Waals surface area (Å²) < 4.78 is 32.6. The second kappa shape index (κ2) is 16.9. The fourth-order valence-electron chi connectivity index (χ4n) is 4.76. The van der Waals surface area contributed by atoms with Gasteiger partial charge in [-0.1, -0.05) is 48.5 Å². The molecule has 45 heavy (non-hydrogen) atoms. The van der Waals surface area contributed by atoms with Gasteiger partial charge in [0.1, 0.15) is 67.8 Å². The van der Waals surface area contributed by atoms with E-state index in [1.807, 2.05) is 30.3 Å². The molecule has 14 nitrogen and oxygen atoms in total. The Bertz CT molecular complexity index is 1180. The molecule has 0 aromatic heterocycles. The normalized spacial score (nSPS) is 31.6. The van der Waals surface area contributed by atoms with Crippen molar-refractivity contribution in [1.82, 2.24) is 0 Å². The first-order valence-electron chi connectivity index (χ1n) is 14.7. The Hall–Kier alpha value is -3.18. The minimum absolute atomic E-state index is 0.0533. The van der Waals surface area contributed by atoms with Gasteiger partial charge >= 0.3 is 11.9 Å². The van der Waals surface area contributed by atoms with Crippen molar-refractivity contribution in [3.05, 3.63) is 66.2 Å². The van der Waals surface area contributed by atoms with Crippen LogP contribution < -0.4 is 4.74 Å². The van der Waals surface area contributed by atoms with Crippen LogP contribution in [0.1, 0.15) is 31.2 Å². The zero-order valence-electron chi connectivity index (χ0n) is 24.4. The maximum Gasteiger partial charge on any atom is 0.305 e. The molecule has 2 heterocycles. The van der Waals surface area contributed by atoms with Crippen LogP contribution in [0.4, 0.5) is 0 Å². The van der Waals surface area contributed by atoms with Crippen molar-refractivity contribution in [1.29, 1.82) is 0 Å². The average molecular weight is 637 g/mol. The van der Waals surface area contributed by atoms with Gasteiger partial charge in [0.05, 0.1) is 6.61 Å².